The Kier molecular flexibility index (Phi) is 3.26. The van der Waals surface area contributed by atoms with Crippen molar-refractivity contribution in [2.75, 3.05) is 0 Å². The molecule has 0 saturated carbocycles. The van der Waals surface area contributed by atoms with Crippen molar-refractivity contribution in [2.24, 2.45) is 0 Å². The maximum atomic E-state index is 10.9. The third kappa shape index (κ3) is 2.30. The van der Waals surface area contributed by atoms with Crippen molar-refractivity contribution in [3.05, 3.63) is 32.9 Å². The Morgan fingerprint density at radius 2 is 2.17 bits per heavy atom. The molecule has 1 rings (SSSR count). The van der Waals surface area contributed by atoms with Crippen LogP contribution in [0.25, 0.3) is 0 Å². The van der Waals surface area contributed by atoms with Crippen LogP contribution < -0.4 is 0 Å². The van der Waals surface area contributed by atoms with Crippen LogP contribution in [-0.4, -0.2) is 5.78 Å². The maximum Gasteiger partial charge on any atom is 0.134 e. The summed E-state index contributed by atoms with van der Waals surface area (Å²) in [6.07, 6.45) is 0.558. The lowest BCUT2D eigenvalue weighted by Gasteiger charge is -2.04. The number of benzene rings is 1. The number of carbonyl (C=O) groups excluding carboxylic acids is 1. The van der Waals surface area contributed by atoms with Crippen molar-refractivity contribution >= 4 is 28.4 Å². The maximum absolute atomic E-state index is 10.9. The van der Waals surface area contributed by atoms with Crippen molar-refractivity contribution in [2.45, 2.75) is 20.3 Å². The Labute approximate surface area is 86.3 Å². The van der Waals surface area contributed by atoms with E-state index in [1.165, 1.54) is 9.13 Å². The van der Waals surface area contributed by atoms with Gasteiger partial charge in [0.1, 0.15) is 5.78 Å². The van der Waals surface area contributed by atoms with Crippen molar-refractivity contribution in [1.82, 2.24) is 0 Å². The second-order valence-electron chi connectivity index (χ2n) is 2.90. The summed E-state index contributed by atoms with van der Waals surface area (Å²) >= 11 is 2.29. The van der Waals surface area contributed by atoms with E-state index in [2.05, 4.69) is 35.6 Å². The molecule has 0 aliphatic heterocycles. The third-order valence-electron chi connectivity index (χ3n) is 1.82. The van der Waals surface area contributed by atoms with E-state index >= 15 is 0 Å². The minimum atomic E-state index is 0.222. The molecular weight excluding hydrogens is 263 g/mol. The van der Waals surface area contributed by atoms with Crippen molar-refractivity contribution < 1.29 is 4.79 Å². The molecule has 2 heteroatoms. The normalized spacial score (nSPS) is 9.92. The van der Waals surface area contributed by atoms with Gasteiger partial charge in [0.05, 0.1) is 0 Å². The highest BCUT2D eigenvalue weighted by atomic mass is 127. The molecule has 0 saturated heterocycles. The number of Topliss-reactive ketones (excluding diaryl/α,β-unsaturated/α-hetero) is 1. The molecule has 0 aromatic heterocycles. The van der Waals surface area contributed by atoms with E-state index in [-0.39, 0.29) is 5.78 Å². The third-order valence-corrected chi connectivity index (χ3v) is 2.99. The molecule has 0 amide bonds. The first-order valence-electron chi connectivity index (χ1n) is 3.84. The van der Waals surface area contributed by atoms with Crippen molar-refractivity contribution in [3.63, 3.8) is 0 Å². The quantitative estimate of drug-likeness (QED) is 0.758. The second kappa shape index (κ2) is 4.03. The fraction of sp³-hybridized carbons (Fsp3) is 0.300. The molecule has 0 bridgehead atoms. The van der Waals surface area contributed by atoms with E-state index in [0.29, 0.717) is 6.42 Å². The molecule has 1 nitrogen and oxygen atoms in total. The first kappa shape index (κ1) is 9.71. The Balaban J connectivity index is 3.00. The molecule has 12 heavy (non-hydrogen) atoms. The van der Waals surface area contributed by atoms with Crippen LogP contribution in [-0.2, 0) is 11.2 Å². The van der Waals surface area contributed by atoms with E-state index in [1.807, 2.05) is 12.1 Å². The van der Waals surface area contributed by atoms with Crippen LogP contribution in [0.3, 0.4) is 0 Å². The number of rotatable bonds is 2. The summed E-state index contributed by atoms with van der Waals surface area (Å²) in [5.74, 6) is 0.222. The lowest BCUT2D eigenvalue weighted by atomic mass is 10.0. The molecular formula is C10H11IO. The highest BCUT2D eigenvalue weighted by molar-refractivity contribution is 14.1. The smallest absolute Gasteiger partial charge is 0.134 e. The molecule has 0 heterocycles. The summed E-state index contributed by atoms with van der Waals surface area (Å²) in [4.78, 5) is 10.9. The zero-order valence-corrected chi connectivity index (χ0v) is 9.38. The van der Waals surface area contributed by atoms with Crippen molar-refractivity contribution in [3.8, 4) is 0 Å². The van der Waals surface area contributed by atoms with E-state index in [9.17, 15) is 4.79 Å². The van der Waals surface area contributed by atoms with E-state index in [1.54, 1.807) is 6.92 Å². The second-order valence-corrected chi connectivity index (χ2v) is 4.06. The van der Waals surface area contributed by atoms with Crippen LogP contribution >= 0.6 is 22.6 Å². The zero-order valence-electron chi connectivity index (χ0n) is 7.23. The lowest BCUT2D eigenvalue weighted by Crippen LogP contribution is -1.99. The summed E-state index contributed by atoms with van der Waals surface area (Å²) in [7, 11) is 0. The minimum Gasteiger partial charge on any atom is -0.300 e. The SMILES string of the molecule is CC(=O)Cc1cccc(I)c1C. The van der Waals surface area contributed by atoms with Crippen LogP contribution in [0.5, 0.6) is 0 Å². The Morgan fingerprint density at radius 1 is 1.50 bits per heavy atom. The number of hydrogen-bond donors (Lipinski definition) is 0. The van der Waals surface area contributed by atoms with Gasteiger partial charge >= 0.3 is 0 Å². The fourth-order valence-electron chi connectivity index (χ4n) is 1.11. The predicted octanol–water partition coefficient (Wildman–Crippen LogP) is 2.73. The lowest BCUT2D eigenvalue weighted by molar-refractivity contribution is -0.116. The Morgan fingerprint density at radius 3 is 2.75 bits per heavy atom. The van der Waals surface area contributed by atoms with Crippen LogP contribution in [0.4, 0.5) is 0 Å². The Bertz CT molecular complexity index is 305. The number of ketones is 1. The van der Waals surface area contributed by atoms with Gasteiger partial charge in [-0.1, -0.05) is 12.1 Å². The van der Waals surface area contributed by atoms with Gasteiger partial charge in [0.2, 0.25) is 0 Å². The molecule has 0 aliphatic rings. The average Bonchev–Trinajstić information content (AvgIpc) is 1.98. The molecule has 64 valence electrons. The topological polar surface area (TPSA) is 17.1 Å². The molecule has 0 fully saturated rings. The van der Waals surface area contributed by atoms with Gasteiger partial charge in [-0.15, -0.1) is 0 Å². The molecule has 0 unspecified atom stereocenters. The van der Waals surface area contributed by atoms with Gasteiger partial charge in [-0.25, -0.2) is 0 Å². The largest absolute Gasteiger partial charge is 0.300 e. The van der Waals surface area contributed by atoms with Crippen molar-refractivity contribution in [1.29, 1.82) is 0 Å². The molecule has 1 aromatic rings. The van der Waals surface area contributed by atoms with Crippen LogP contribution in [0.2, 0.25) is 0 Å². The van der Waals surface area contributed by atoms with Crippen LogP contribution in [0.1, 0.15) is 18.1 Å². The summed E-state index contributed by atoms with van der Waals surface area (Å²) < 4.78 is 1.23. The number of hydrogen-bond acceptors (Lipinski definition) is 1. The molecule has 0 atom stereocenters. The first-order chi connectivity index (χ1) is 5.61. The standard InChI is InChI=1S/C10H11IO/c1-7(12)6-9-4-3-5-10(11)8(9)2/h3-5H,6H2,1-2H3. The summed E-state index contributed by atoms with van der Waals surface area (Å²) in [6, 6.07) is 6.06. The Hall–Kier alpha value is -0.380. The monoisotopic (exact) mass is 274 g/mol. The van der Waals surface area contributed by atoms with Gasteiger partial charge < -0.3 is 0 Å². The average molecular weight is 274 g/mol. The van der Waals surface area contributed by atoms with E-state index in [0.717, 1.165) is 5.56 Å². The summed E-state index contributed by atoms with van der Waals surface area (Å²) in [6.45, 7) is 3.68. The minimum absolute atomic E-state index is 0.222. The van der Waals surface area contributed by atoms with Crippen LogP contribution in [0.15, 0.2) is 18.2 Å². The van der Waals surface area contributed by atoms with Gasteiger partial charge in [0.25, 0.3) is 0 Å². The van der Waals surface area contributed by atoms with E-state index < -0.39 is 0 Å². The fourth-order valence-corrected chi connectivity index (χ4v) is 1.67. The molecule has 0 aliphatic carbocycles. The highest BCUT2D eigenvalue weighted by Crippen LogP contribution is 2.16. The summed E-state index contributed by atoms with van der Waals surface area (Å²) in [5.41, 5.74) is 2.38. The van der Waals surface area contributed by atoms with Crippen LogP contribution in [0, 0.1) is 10.5 Å². The molecule has 0 N–H and O–H groups in total. The molecule has 0 radical (unpaired) electrons. The number of carbonyl (C=O) groups is 1. The molecule has 1 aromatic carbocycles. The van der Waals surface area contributed by atoms with Gasteiger partial charge in [-0.05, 0) is 53.6 Å². The highest BCUT2D eigenvalue weighted by Gasteiger charge is 2.03. The van der Waals surface area contributed by atoms with Gasteiger partial charge in [-0.3, -0.25) is 4.79 Å². The van der Waals surface area contributed by atoms with E-state index in [4.69, 9.17) is 0 Å². The first-order valence-corrected chi connectivity index (χ1v) is 4.92. The van der Waals surface area contributed by atoms with Gasteiger partial charge in [0.15, 0.2) is 0 Å². The van der Waals surface area contributed by atoms with Gasteiger partial charge in [0, 0.05) is 9.99 Å². The van der Waals surface area contributed by atoms with Gasteiger partial charge in [-0.2, -0.15) is 0 Å². The molecule has 0 spiro atoms. The summed E-state index contributed by atoms with van der Waals surface area (Å²) in [5, 5.41) is 0. The predicted molar refractivity (Wildman–Crippen MR) is 58.3 cm³/mol. The zero-order chi connectivity index (χ0) is 9.14. The number of halogens is 1.